The Morgan fingerprint density at radius 3 is 2.68 bits per heavy atom. The van der Waals surface area contributed by atoms with Crippen LogP contribution in [-0.2, 0) is 0 Å². The van der Waals surface area contributed by atoms with E-state index in [4.69, 9.17) is 0 Å². The Kier molecular flexibility index (Phi) is 4.13. The number of halogens is 2. The SMILES string of the molecule is O=C(NCC(O)c1c(F)cccc1F)c1cnns1. The van der Waals surface area contributed by atoms with Crippen molar-refractivity contribution in [3.63, 3.8) is 0 Å². The fraction of sp³-hybridized carbons (Fsp3) is 0.182. The first-order chi connectivity index (χ1) is 9.09. The van der Waals surface area contributed by atoms with Gasteiger partial charge < -0.3 is 10.4 Å². The Hall–Kier alpha value is -1.93. The van der Waals surface area contributed by atoms with Crippen molar-refractivity contribution in [1.29, 1.82) is 0 Å². The van der Waals surface area contributed by atoms with Crippen LogP contribution in [0.1, 0.15) is 21.3 Å². The minimum Gasteiger partial charge on any atom is -0.386 e. The van der Waals surface area contributed by atoms with Crippen LogP contribution in [-0.4, -0.2) is 27.1 Å². The molecule has 1 aromatic carbocycles. The van der Waals surface area contributed by atoms with Crippen molar-refractivity contribution < 1.29 is 18.7 Å². The van der Waals surface area contributed by atoms with Crippen molar-refractivity contribution in [2.75, 3.05) is 6.54 Å². The quantitative estimate of drug-likeness (QED) is 0.887. The maximum atomic E-state index is 13.4. The molecule has 1 unspecified atom stereocenters. The molecule has 100 valence electrons. The van der Waals surface area contributed by atoms with Crippen molar-refractivity contribution in [2.45, 2.75) is 6.10 Å². The van der Waals surface area contributed by atoms with Gasteiger partial charge in [-0.3, -0.25) is 4.79 Å². The number of amides is 1. The number of benzene rings is 1. The van der Waals surface area contributed by atoms with Crippen LogP contribution in [0.4, 0.5) is 8.78 Å². The van der Waals surface area contributed by atoms with Crippen LogP contribution in [0.25, 0.3) is 0 Å². The molecule has 0 aliphatic carbocycles. The van der Waals surface area contributed by atoms with Crippen LogP contribution in [0.15, 0.2) is 24.4 Å². The summed E-state index contributed by atoms with van der Waals surface area (Å²) in [4.78, 5) is 11.8. The monoisotopic (exact) mass is 285 g/mol. The molecule has 0 aliphatic rings. The number of hydrogen-bond donors (Lipinski definition) is 2. The summed E-state index contributed by atoms with van der Waals surface area (Å²) in [5, 5.41) is 15.5. The first kappa shape index (κ1) is 13.5. The van der Waals surface area contributed by atoms with Gasteiger partial charge in [-0.25, -0.2) is 8.78 Å². The third kappa shape index (κ3) is 3.09. The highest BCUT2D eigenvalue weighted by Crippen LogP contribution is 2.20. The molecular weight excluding hydrogens is 276 g/mol. The summed E-state index contributed by atoms with van der Waals surface area (Å²) in [5.41, 5.74) is -0.467. The number of carbonyl (C=O) groups excluding carboxylic acids is 1. The predicted molar refractivity (Wildman–Crippen MR) is 63.6 cm³/mol. The van der Waals surface area contributed by atoms with E-state index in [0.717, 1.165) is 23.7 Å². The number of rotatable bonds is 4. The predicted octanol–water partition coefficient (Wildman–Crippen LogP) is 1.28. The van der Waals surface area contributed by atoms with Crippen molar-refractivity contribution in [1.82, 2.24) is 14.9 Å². The number of carbonyl (C=O) groups is 1. The smallest absolute Gasteiger partial charge is 0.264 e. The Balaban J connectivity index is 2.02. The van der Waals surface area contributed by atoms with Gasteiger partial charge in [-0.15, -0.1) is 5.10 Å². The zero-order chi connectivity index (χ0) is 13.8. The van der Waals surface area contributed by atoms with Gasteiger partial charge in [0.15, 0.2) is 0 Å². The van der Waals surface area contributed by atoms with Crippen LogP contribution >= 0.6 is 11.5 Å². The lowest BCUT2D eigenvalue weighted by Crippen LogP contribution is -2.28. The van der Waals surface area contributed by atoms with E-state index in [9.17, 15) is 18.7 Å². The van der Waals surface area contributed by atoms with Gasteiger partial charge in [0.2, 0.25) is 0 Å². The van der Waals surface area contributed by atoms with Gasteiger partial charge in [0.25, 0.3) is 5.91 Å². The molecule has 0 bridgehead atoms. The summed E-state index contributed by atoms with van der Waals surface area (Å²) in [5.74, 6) is -2.23. The highest BCUT2D eigenvalue weighted by molar-refractivity contribution is 7.07. The zero-order valence-corrected chi connectivity index (χ0v) is 10.3. The third-order valence-electron chi connectivity index (χ3n) is 2.37. The van der Waals surface area contributed by atoms with E-state index in [1.54, 1.807) is 0 Å². The topological polar surface area (TPSA) is 75.1 Å². The van der Waals surface area contributed by atoms with E-state index in [-0.39, 0.29) is 11.4 Å². The highest BCUT2D eigenvalue weighted by Gasteiger charge is 2.19. The summed E-state index contributed by atoms with van der Waals surface area (Å²) in [6.07, 6.45) is -0.207. The molecule has 0 saturated heterocycles. The number of nitrogens with one attached hydrogen (secondary N) is 1. The van der Waals surface area contributed by atoms with Gasteiger partial charge in [-0.05, 0) is 23.7 Å². The number of aromatic nitrogens is 2. The zero-order valence-electron chi connectivity index (χ0n) is 9.51. The summed E-state index contributed by atoms with van der Waals surface area (Å²) >= 11 is 0.882. The summed E-state index contributed by atoms with van der Waals surface area (Å²) in [7, 11) is 0. The lowest BCUT2D eigenvalue weighted by Gasteiger charge is -2.13. The minimum atomic E-state index is -1.47. The molecule has 1 heterocycles. The molecule has 0 saturated carbocycles. The molecule has 0 fully saturated rings. The summed E-state index contributed by atoms with van der Waals surface area (Å²) in [6, 6.07) is 3.27. The van der Waals surface area contributed by atoms with Crippen molar-refractivity contribution in [3.8, 4) is 0 Å². The molecule has 2 rings (SSSR count). The fourth-order valence-electron chi connectivity index (χ4n) is 1.47. The molecule has 2 N–H and O–H groups in total. The summed E-state index contributed by atoms with van der Waals surface area (Å²) < 4.78 is 30.2. The normalized spacial score (nSPS) is 12.2. The second-order valence-electron chi connectivity index (χ2n) is 3.64. The number of nitrogens with zero attached hydrogens (tertiary/aromatic N) is 2. The average Bonchev–Trinajstić information content (AvgIpc) is 2.89. The van der Waals surface area contributed by atoms with Crippen molar-refractivity contribution in [3.05, 3.63) is 46.5 Å². The second-order valence-corrected chi connectivity index (χ2v) is 4.43. The standard InChI is InChI=1S/C11H9F2N3O2S/c12-6-2-1-3-7(13)10(6)8(17)4-14-11(18)9-5-15-16-19-9/h1-3,5,8,17H,4H2,(H,14,18). The second kappa shape index (κ2) is 5.81. The molecular formula is C11H9F2N3O2S. The Morgan fingerprint density at radius 1 is 1.42 bits per heavy atom. The molecule has 1 amide bonds. The first-order valence-electron chi connectivity index (χ1n) is 5.27. The lowest BCUT2D eigenvalue weighted by atomic mass is 10.1. The van der Waals surface area contributed by atoms with Crippen LogP contribution in [0.2, 0.25) is 0 Å². The molecule has 2 aromatic rings. The van der Waals surface area contributed by atoms with Gasteiger partial charge in [-0.1, -0.05) is 10.6 Å². The van der Waals surface area contributed by atoms with Gasteiger partial charge in [0.05, 0.1) is 11.8 Å². The molecule has 19 heavy (non-hydrogen) atoms. The van der Waals surface area contributed by atoms with Gasteiger partial charge >= 0.3 is 0 Å². The first-order valence-corrected chi connectivity index (χ1v) is 6.04. The van der Waals surface area contributed by atoms with E-state index in [0.29, 0.717) is 0 Å². The maximum Gasteiger partial charge on any atom is 0.264 e. The minimum absolute atomic E-state index is 0.251. The Morgan fingerprint density at radius 2 is 2.11 bits per heavy atom. The number of aliphatic hydroxyl groups excluding tert-OH is 1. The molecule has 8 heteroatoms. The Bertz CT molecular complexity index is 557. The van der Waals surface area contributed by atoms with E-state index in [1.165, 1.54) is 12.3 Å². The largest absolute Gasteiger partial charge is 0.386 e. The van der Waals surface area contributed by atoms with Crippen LogP contribution in [0.5, 0.6) is 0 Å². The van der Waals surface area contributed by atoms with E-state index in [1.807, 2.05) is 0 Å². The molecule has 1 aromatic heterocycles. The van der Waals surface area contributed by atoms with E-state index in [2.05, 4.69) is 14.9 Å². The molecule has 1 atom stereocenters. The van der Waals surface area contributed by atoms with Crippen LogP contribution in [0, 0.1) is 11.6 Å². The number of hydrogen-bond acceptors (Lipinski definition) is 5. The molecule has 0 radical (unpaired) electrons. The van der Waals surface area contributed by atoms with Gasteiger partial charge in [-0.2, -0.15) is 0 Å². The van der Waals surface area contributed by atoms with E-state index >= 15 is 0 Å². The van der Waals surface area contributed by atoms with Crippen molar-refractivity contribution >= 4 is 17.4 Å². The van der Waals surface area contributed by atoms with Crippen molar-refractivity contribution in [2.24, 2.45) is 0 Å². The van der Waals surface area contributed by atoms with E-state index < -0.39 is 29.2 Å². The summed E-state index contributed by atoms with van der Waals surface area (Å²) in [6.45, 7) is -0.311. The Labute approximate surface area is 111 Å². The molecule has 0 aliphatic heterocycles. The third-order valence-corrected chi connectivity index (χ3v) is 3.04. The molecule has 5 nitrogen and oxygen atoms in total. The van der Waals surface area contributed by atoms with Gasteiger partial charge in [0.1, 0.15) is 22.6 Å². The average molecular weight is 285 g/mol. The fourth-order valence-corrected chi connectivity index (χ4v) is 1.91. The van der Waals surface area contributed by atoms with Gasteiger partial charge in [0, 0.05) is 6.54 Å². The lowest BCUT2D eigenvalue weighted by molar-refractivity contribution is 0.0915. The molecule has 0 spiro atoms. The highest BCUT2D eigenvalue weighted by atomic mass is 32.1. The van der Waals surface area contributed by atoms with Crippen LogP contribution < -0.4 is 5.32 Å². The number of aliphatic hydroxyl groups is 1. The van der Waals surface area contributed by atoms with Crippen LogP contribution in [0.3, 0.4) is 0 Å². The maximum absolute atomic E-state index is 13.4.